The summed E-state index contributed by atoms with van der Waals surface area (Å²) in [4.78, 5) is 2.28. The van der Waals surface area contributed by atoms with E-state index in [9.17, 15) is 0 Å². The van der Waals surface area contributed by atoms with E-state index in [2.05, 4.69) is 40.1 Å². The third-order valence-electron chi connectivity index (χ3n) is 2.65. The van der Waals surface area contributed by atoms with Crippen LogP contribution in [0.1, 0.15) is 13.3 Å². The second-order valence-corrected chi connectivity index (χ2v) is 5.27. The van der Waals surface area contributed by atoms with Crippen LogP contribution in [0.5, 0.6) is 5.75 Å². The van der Waals surface area contributed by atoms with Crippen molar-refractivity contribution in [2.24, 2.45) is 0 Å². The third kappa shape index (κ3) is 6.99. The first kappa shape index (κ1) is 15.5. The van der Waals surface area contributed by atoms with Crippen molar-refractivity contribution >= 4 is 15.9 Å². The molecule has 18 heavy (non-hydrogen) atoms. The number of nitrogens with one attached hydrogen (secondary N) is 1. The van der Waals surface area contributed by atoms with E-state index in [-0.39, 0.29) is 0 Å². The molecular weight excluding hydrogens is 292 g/mol. The monoisotopic (exact) mass is 314 g/mol. The van der Waals surface area contributed by atoms with Crippen molar-refractivity contribution < 1.29 is 4.74 Å². The molecule has 1 aromatic carbocycles. The first-order valence-electron chi connectivity index (χ1n) is 6.50. The molecular formula is C14H23BrN2O. The van der Waals surface area contributed by atoms with Gasteiger partial charge in [-0.25, -0.2) is 0 Å². The SMILES string of the molecule is CCCNCCN(C)CCOc1ccc(Br)cc1. The van der Waals surface area contributed by atoms with Gasteiger partial charge in [-0.3, -0.25) is 0 Å². The van der Waals surface area contributed by atoms with Gasteiger partial charge in [-0.05, 0) is 44.3 Å². The van der Waals surface area contributed by atoms with Crippen LogP contribution in [0, 0.1) is 0 Å². The van der Waals surface area contributed by atoms with Crippen LogP contribution in [0.4, 0.5) is 0 Å². The van der Waals surface area contributed by atoms with E-state index in [1.807, 2.05) is 24.3 Å². The second kappa shape index (κ2) is 9.36. The highest BCUT2D eigenvalue weighted by atomic mass is 79.9. The Bertz CT molecular complexity index is 316. The van der Waals surface area contributed by atoms with Crippen molar-refractivity contribution in [3.63, 3.8) is 0 Å². The zero-order valence-corrected chi connectivity index (χ0v) is 12.9. The van der Waals surface area contributed by atoms with Crippen molar-refractivity contribution in [1.29, 1.82) is 0 Å². The average molecular weight is 315 g/mol. The molecule has 0 fully saturated rings. The number of likely N-dealkylation sites (N-methyl/N-ethyl adjacent to an activating group) is 1. The van der Waals surface area contributed by atoms with Gasteiger partial charge in [-0.15, -0.1) is 0 Å². The number of ether oxygens (including phenoxy) is 1. The molecule has 0 saturated heterocycles. The zero-order valence-electron chi connectivity index (χ0n) is 11.3. The highest BCUT2D eigenvalue weighted by Crippen LogP contribution is 2.15. The molecule has 0 heterocycles. The minimum Gasteiger partial charge on any atom is -0.492 e. The van der Waals surface area contributed by atoms with Crippen molar-refractivity contribution in [2.45, 2.75) is 13.3 Å². The van der Waals surface area contributed by atoms with Gasteiger partial charge in [-0.2, -0.15) is 0 Å². The van der Waals surface area contributed by atoms with Gasteiger partial charge in [0.15, 0.2) is 0 Å². The molecule has 0 aliphatic heterocycles. The minimum absolute atomic E-state index is 0.728. The molecule has 0 amide bonds. The summed E-state index contributed by atoms with van der Waals surface area (Å²) in [5, 5.41) is 3.39. The van der Waals surface area contributed by atoms with Crippen LogP contribution in [-0.2, 0) is 0 Å². The molecule has 3 nitrogen and oxygen atoms in total. The summed E-state index contributed by atoms with van der Waals surface area (Å²) in [7, 11) is 2.12. The van der Waals surface area contributed by atoms with Gasteiger partial charge >= 0.3 is 0 Å². The van der Waals surface area contributed by atoms with E-state index in [1.54, 1.807) is 0 Å². The van der Waals surface area contributed by atoms with Gasteiger partial charge in [0.2, 0.25) is 0 Å². The molecule has 4 heteroatoms. The standard InChI is InChI=1S/C14H23BrN2O/c1-3-8-16-9-10-17(2)11-12-18-14-6-4-13(15)5-7-14/h4-7,16H,3,8-12H2,1-2H3. The molecule has 1 rings (SSSR count). The van der Waals surface area contributed by atoms with E-state index in [0.29, 0.717) is 0 Å². The lowest BCUT2D eigenvalue weighted by atomic mass is 10.3. The van der Waals surface area contributed by atoms with Gasteiger partial charge in [-0.1, -0.05) is 22.9 Å². The molecule has 0 spiro atoms. The number of hydrogen-bond acceptors (Lipinski definition) is 3. The van der Waals surface area contributed by atoms with Crippen LogP contribution in [0.2, 0.25) is 0 Å². The van der Waals surface area contributed by atoms with Gasteiger partial charge in [0.25, 0.3) is 0 Å². The normalized spacial score (nSPS) is 10.9. The predicted molar refractivity (Wildman–Crippen MR) is 80.3 cm³/mol. The molecule has 0 saturated carbocycles. The summed E-state index contributed by atoms with van der Waals surface area (Å²) in [6.45, 7) is 7.06. The summed E-state index contributed by atoms with van der Waals surface area (Å²) in [5.41, 5.74) is 0. The van der Waals surface area contributed by atoms with Gasteiger partial charge in [0.05, 0.1) is 0 Å². The fourth-order valence-electron chi connectivity index (χ4n) is 1.53. The van der Waals surface area contributed by atoms with Crippen LogP contribution in [0.25, 0.3) is 0 Å². The van der Waals surface area contributed by atoms with E-state index < -0.39 is 0 Å². The Labute approximate surface area is 119 Å². The van der Waals surface area contributed by atoms with E-state index in [4.69, 9.17) is 4.74 Å². The molecule has 1 N–H and O–H groups in total. The number of hydrogen-bond donors (Lipinski definition) is 1. The summed E-state index contributed by atoms with van der Waals surface area (Å²) in [6, 6.07) is 7.95. The Morgan fingerprint density at radius 1 is 1.17 bits per heavy atom. The molecule has 0 bridgehead atoms. The Morgan fingerprint density at radius 3 is 2.56 bits per heavy atom. The maximum absolute atomic E-state index is 5.68. The number of rotatable bonds is 9. The lowest BCUT2D eigenvalue weighted by Gasteiger charge is -2.17. The van der Waals surface area contributed by atoms with Gasteiger partial charge < -0.3 is 15.0 Å². The smallest absolute Gasteiger partial charge is 0.119 e. The molecule has 0 radical (unpaired) electrons. The number of nitrogens with zero attached hydrogens (tertiary/aromatic N) is 1. The molecule has 102 valence electrons. The fraction of sp³-hybridized carbons (Fsp3) is 0.571. The highest BCUT2D eigenvalue weighted by Gasteiger charge is 1.99. The minimum atomic E-state index is 0.728. The maximum Gasteiger partial charge on any atom is 0.119 e. The molecule has 1 aromatic rings. The quantitative estimate of drug-likeness (QED) is 0.709. The summed E-state index contributed by atoms with van der Waals surface area (Å²) < 4.78 is 6.75. The summed E-state index contributed by atoms with van der Waals surface area (Å²) in [6.07, 6.45) is 1.19. The van der Waals surface area contributed by atoms with Gasteiger partial charge in [0, 0.05) is 24.1 Å². The third-order valence-corrected chi connectivity index (χ3v) is 3.18. The van der Waals surface area contributed by atoms with E-state index in [1.165, 1.54) is 6.42 Å². The Hall–Kier alpha value is -0.580. The molecule has 0 aliphatic carbocycles. The van der Waals surface area contributed by atoms with Crippen LogP contribution >= 0.6 is 15.9 Å². The van der Waals surface area contributed by atoms with Crippen LogP contribution in [-0.4, -0.2) is 44.7 Å². The van der Waals surface area contributed by atoms with Crippen LogP contribution in [0.15, 0.2) is 28.7 Å². The van der Waals surface area contributed by atoms with Crippen molar-refractivity contribution in [3.05, 3.63) is 28.7 Å². The lowest BCUT2D eigenvalue weighted by Crippen LogP contribution is -2.32. The Balaban J connectivity index is 2.07. The fourth-order valence-corrected chi connectivity index (χ4v) is 1.80. The number of halogens is 1. The van der Waals surface area contributed by atoms with Gasteiger partial charge in [0.1, 0.15) is 12.4 Å². The Morgan fingerprint density at radius 2 is 1.89 bits per heavy atom. The second-order valence-electron chi connectivity index (χ2n) is 4.36. The molecule has 0 atom stereocenters. The molecule has 0 unspecified atom stereocenters. The lowest BCUT2D eigenvalue weighted by molar-refractivity contribution is 0.237. The largest absolute Gasteiger partial charge is 0.492 e. The highest BCUT2D eigenvalue weighted by molar-refractivity contribution is 9.10. The van der Waals surface area contributed by atoms with Crippen LogP contribution in [0.3, 0.4) is 0 Å². The topological polar surface area (TPSA) is 24.5 Å². The van der Waals surface area contributed by atoms with Crippen molar-refractivity contribution in [1.82, 2.24) is 10.2 Å². The summed E-state index contributed by atoms with van der Waals surface area (Å²) >= 11 is 3.41. The molecule has 0 aliphatic rings. The van der Waals surface area contributed by atoms with Crippen molar-refractivity contribution in [2.75, 3.05) is 39.8 Å². The predicted octanol–water partition coefficient (Wildman–Crippen LogP) is 2.76. The number of benzene rings is 1. The first-order chi connectivity index (χ1) is 8.72. The summed E-state index contributed by atoms with van der Waals surface area (Å²) in [5.74, 6) is 0.927. The van der Waals surface area contributed by atoms with E-state index in [0.717, 1.165) is 43.0 Å². The zero-order chi connectivity index (χ0) is 13.2. The van der Waals surface area contributed by atoms with Crippen LogP contribution < -0.4 is 10.1 Å². The molecule has 0 aromatic heterocycles. The Kier molecular flexibility index (Phi) is 8.05. The first-order valence-corrected chi connectivity index (χ1v) is 7.29. The van der Waals surface area contributed by atoms with Crippen molar-refractivity contribution in [3.8, 4) is 5.75 Å². The maximum atomic E-state index is 5.68. The van der Waals surface area contributed by atoms with E-state index >= 15 is 0 Å². The average Bonchev–Trinajstić information content (AvgIpc) is 2.37.